The molecule has 7 nitrogen and oxygen atoms in total. The molecule has 1 aromatic heterocycles. The van der Waals surface area contributed by atoms with Crippen LogP contribution in [0, 0.1) is 11.8 Å². The number of ether oxygens (including phenoxy) is 1. The molecule has 3 aromatic rings. The van der Waals surface area contributed by atoms with Gasteiger partial charge in [-0.25, -0.2) is 4.79 Å². The average molecular weight is 491 g/mol. The fraction of sp³-hybridized carbons (Fsp3) is 0.296. The number of hydrogen-bond donors (Lipinski definition) is 2. The Morgan fingerprint density at radius 1 is 1.09 bits per heavy atom. The standard InChI is InChI=1S/C27H27ClN4O3/c28-22-4-1-5-23(15-22)30-27(34)32-11-8-19-14-26(33)31-24-13-18(20-3-2-10-29-16-20)6-7-25(24)35-12-9-21(19)17-32/h1-7,10,13,15-16,19,21H,8-9,11-12,14,17H2,(H,30,34)(H,31,33)/t19-,21-/m0/s1. The highest BCUT2D eigenvalue weighted by atomic mass is 35.5. The molecular weight excluding hydrogens is 464 g/mol. The summed E-state index contributed by atoms with van der Waals surface area (Å²) in [6.45, 7) is 1.70. The van der Waals surface area contributed by atoms with E-state index in [2.05, 4.69) is 15.6 Å². The van der Waals surface area contributed by atoms with Gasteiger partial charge in [0.15, 0.2) is 0 Å². The Kier molecular flexibility index (Phi) is 6.86. The van der Waals surface area contributed by atoms with E-state index in [1.54, 1.807) is 30.6 Å². The maximum Gasteiger partial charge on any atom is 0.321 e. The van der Waals surface area contributed by atoms with Crippen molar-refractivity contribution in [3.8, 4) is 16.9 Å². The van der Waals surface area contributed by atoms with Gasteiger partial charge in [-0.15, -0.1) is 0 Å². The third-order valence-electron chi connectivity index (χ3n) is 6.70. The Bertz CT molecular complexity index is 1220. The molecule has 2 N–H and O–H groups in total. The first-order valence-electron chi connectivity index (χ1n) is 11.8. The second kappa shape index (κ2) is 10.4. The Hall–Kier alpha value is -3.58. The van der Waals surface area contributed by atoms with Gasteiger partial charge in [0.1, 0.15) is 5.75 Å². The predicted molar refractivity (Wildman–Crippen MR) is 137 cm³/mol. The molecule has 8 heteroatoms. The van der Waals surface area contributed by atoms with Crippen molar-refractivity contribution in [3.63, 3.8) is 0 Å². The van der Waals surface area contributed by atoms with Crippen LogP contribution >= 0.6 is 11.6 Å². The number of carbonyl (C=O) groups is 2. The highest BCUT2D eigenvalue weighted by Crippen LogP contribution is 2.35. The number of carbonyl (C=O) groups excluding carboxylic acids is 2. The highest BCUT2D eigenvalue weighted by molar-refractivity contribution is 6.30. The van der Waals surface area contributed by atoms with Gasteiger partial charge in [0.05, 0.1) is 12.3 Å². The average Bonchev–Trinajstić information content (AvgIpc) is 2.86. The molecule has 3 amide bonds. The van der Waals surface area contributed by atoms with Crippen LogP contribution in [0.15, 0.2) is 67.0 Å². The van der Waals surface area contributed by atoms with Crippen LogP contribution in [0.2, 0.25) is 5.02 Å². The van der Waals surface area contributed by atoms with Gasteiger partial charge >= 0.3 is 6.03 Å². The smallest absolute Gasteiger partial charge is 0.321 e. The van der Waals surface area contributed by atoms with Crippen LogP contribution in [-0.4, -0.2) is 41.5 Å². The lowest BCUT2D eigenvalue weighted by Gasteiger charge is -2.39. The molecule has 35 heavy (non-hydrogen) atoms. The first kappa shape index (κ1) is 23.2. The Morgan fingerprint density at radius 3 is 2.83 bits per heavy atom. The third kappa shape index (κ3) is 5.57. The molecule has 3 heterocycles. The molecule has 1 saturated heterocycles. The van der Waals surface area contributed by atoms with E-state index in [0.29, 0.717) is 48.3 Å². The predicted octanol–water partition coefficient (Wildman–Crippen LogP) is 5.68. The maximum atomic E-state index is 13.0. The minimum Gasteiger partial charge on any atom is -0.491 e. The number of halogens is 1. The van der Waals surface area contributed by atoms with Gasteiger partial charge in [0, 0.05) is 48.2 Å². The summed E-state index contributed by atoms with van der Waals surface area (Å²) in [4.78, 5) is 31.8. The lowest BCUT2D eigenvalue weighted by molar-refractivity contribution is -0.118. The summed E-state index contributed by atoms with van der Waals surface area (Å²) >= 11 is 6.04. The molecule has 0 bridgehead atoms. The third-order valence-corrected chi connectivity index (χ3v) is 6.93. The summed E-state index contributed by atoms with van der Waals surface area (Å²) in [6.07, 6.45) is 5.49. The molecule has 2 aliphatic rings. The van der Waals surface area contributed by atoms with E-state index in [1.807, 2.05) is 41.3 Å². The van der Waals surface area contributed by atoms with Crippen molar-refractivity contribution in [3.05, 3.63) is 72.0 Å². The van der Waals surface area contributed by atoms with Crippen molar-refractivity contribution in [2.24, 2.45) is 11.8 Å². The van der Waals surface area contributed by atoms with Gasteiger partial charge in [-0.3, -0.25) is 9.78 Å². The minimum atomic E-state index is -0.151. The van der Waals surface area contributed by atoms with Crippen LogP contribution in [-0.2, 0) is 4.79 Å². The SMILES string of the molecule is O=C1C[C@@H]2CCN(C(=O)Nc3cccc(Cl)c3)C[C@@H]2CCOc2ccc(-c3cccnc3)cc2N1. The first-order valence-corrected chi connectivity index (χ1v) is 12.2. The largest absolute Gasteiger partial charge is 0.491 e. The van der Waals surface area contributed by atoms with Crippen molar-refractivity contribution in [2.75, 3.05) is 30.3 Å². The van der Waals surface area contributed by atoms with Crippen LogP contribution < -0.4 is 15.4 Å². The number of piperidine rings is 1. The van der Waals surface area contributed by atoms with Gasteiger partial charge in [0.2, 0.25) is 5.91 Å². The number of anilines is 2. The van der Waals surface area contributed by atoms with Crippen LogP contribution in [0.5, 0.6) is 5.75 Å². The highest BCUT2D eigenvalue weighted by Gasteiger charge is 2.33. The lowest BCUT2D eigenvalue weighted by Crippen LogP contribution is -2.46. The van der Waals surface area contributed by atoms with Crippen molar-refractivity contribution < 1.29 is 14.3 Å². The second-order valence-corrected chi connectivity index (χ2v) is 9.47. The molecule has 0 unspecified atom stereocenters. The normalized spacial score (nSPS) is 20.0. The monoisotopic (exact) mass is 490 g/mol. The molecule has 2 aliphatic heterocycles. The Labute approximate surface area is 209 Å². The number of amides is 3. The number of fused-ring (bicyclic) bond motifs is 2. The van der Waals surface area contributed by atoms with E-state index in [-0.39, 0.29) is 23.8 Å². The van der Waals surface area contributed by atoms with E-state index in [1.165, 1.54) is 0 Å². The maximum absolute atomic E-state index is 13.0. The number of aromatic nitrogens is 1. The summed E-state index contributed by atoms with van der Waals surface area (Å²) in [5, 5.41) is 6.56. The van der Waals surface area contributed by atoms with Crippen molar-refractivity contribution in [1.82, 2.24) is 9.88 Å². The zero-order valence-corrected chi connectivity index (χ0v) is 20.0. The number of urea groups is 1. The fourth-order valence-electron chi connectivity index (χ4n) is 4.86. The van der Waals surface area contributed by atoms with E-state index in [0.717, 1.165) is 24.0 Å². The lowest BCUT2D eigenvalue weighted by atomic mass is 9.81. The first-order chi connectivity index (χ1) is 17.0. The molecular formula is C27H27ClN4O3. The summed E-state index contributed by atoms with van der Waals surface area (Å²) < 4.78 is 6.09. The number of pyridine rings is 1. The molecule has 2 atom stereocenters. The van der Waals surface area contributed by atoms with Crippen LogP contribution in [0.4, 0.5) is 16.2 Å². The van der Waals surface area contributed by atoms with Crippen LogP contribution in [0.3, 0.4) is 0 Å². The zero-order valence-electron chi connectivity index (χ0n) is 19.2. The van der Waals surface area contributed by atoms with E-state index >= 15 is 0 Å². The quantitative estimate of drug-likeness (QED) is 0.484. The van der Waals surface area contributed by atoms with Crippen molar-refractivity contribution in [1.29, 1.82) is 0 Å². The molecule has 0 radical (unpaired) electrons. The fourth-order valence-corrected chi connectivity index (χ4v) is 5.05. The van der Waals surface area contributed by atoms with Gasteiger partial charge in [-0.05, 0) is 66.6 Å². The van der Waals surface area contributed by atoms with Crippen LogP contribution in [0.1, 0.15) is 19.3 Å². The van der Waals surface area contributed by atoms with Gasteiger partial charge in [-0.2, -0.15) is 0 Å². The zero-order chi connectivity index (χ0) is 24.2. The summed E-state index contributed by atoms with van der Waals surface area (Å²) in [5.74, 6) is 0.982. The van der Waals surface area contributed by atoms with E-state index in [9.17, 15) is 9.59 Å². The van der Waals surface area contributed by atoms with Gasteiger partial charge < -0.3 is 20.3 Å². The molecule has 5 rings (SSSR count). The molecule has 0 saturated carbocycles. The summed E-state index contributed by atoms with van der Waals surface area (Å²) in [7, 11) is 0. The number of nitrogens with one attached hydrogen (secondary N) is 2. The molecule has 0 spiro atoms. The molecule has 2 aromatic carbocycles. The molecule has 1 fully saturated rings. The number of hydrogen-bond acceptors (Lipinski definition) is 4. The number of likely N-dealkylation sites (tertiary alicyclic amines) is 1. The van der Waals surface area contributed by atoms with Crippen molar-refractivity contribution >= 4 is 34.9 Å². The van der Waals surface area contributed by atoms with Crippen molar-refractivity contribution in [2.45, 2.75) is 19.3 Å². The minimum absolute atomic E-state index is 0.0353. The molecule has 0 aliphatic carbocycles. The summed E-state index contributed by atoms with van der Waals surface area (Å²) in [5.41, 5.74) is 3.29. The topological polar surface area (TPSA) is 83.6 Å². The van der Waals surface area contributed by atoms with Crippen LogP contribution in [0.25, 0.3) is 11.1 Å². The van der Waals surface area contributed by atoms with Gasteiger partial charge in [-0.1, -0.05) is 29.8 Å². The van der Waals surface area contributed by atoms with E-state index < -0.39 is 0 Å². The summed E-state index contributed by atoms with van der Waals surface area (Å²) in [6, 6.07) is 16.6. The second-order valence-electron chi connectivity index (χ2n) is 9.04. The van der Waals surface area contributed by atoms with E-state index in [4.69, 9.17) is 16.3 Å². The number of nitrogens with zero attached hydrogens (tertiary/aromatic N) is 2. The Morgan fingerprint density at radius 2 is 2.00 bits per heavy atom. The number of benzene rings is 2. The van der Waals surface area contributed by atoms with Gasteiger partial charge in [0.25, 0.3) is 0 Å². The Balaban J connectivity index is 1.28. The number of rotatable bonds is 2. The molecule has 180 valence electrons.